The van der Waals surface area contributed by atoms with Crippen molar-refractivity contribution in [2.75, 3.05) is 13.1 Å². The summed E-state index contributed by atoms with van der Waals surface area (Å²) in [6.07, 6.45) is 6.01. The van der Waals surface area contributed by atoms with Crippen molar-refractivity contribution in [2.45, 2.75) is 39.5 Å². The van der Waals surface area contributed by atoms with Gasteiger partial charge >= 0.3 is 0 Å². The maximum atomic E-state index is 8.35. The molecule has 0 unspecified atom stereocenters. The zero-order chi connectivity index (χ0) is 9.66. The fraction of sp³-hybridized carbons (Fsp3) is 0.889. The van der Waals surface area contributed by atoms with Crippen molar-refractivity contribution in [3.05, 3.63) is 0 Å². The van der Waals surface area contributed by atoms with Gasteiger partial charge in [0.1, 0.15) is 0 Å². The van der Waals surface area contributed by atoms with Crippen LogP contribution in [0.5, 0.6) is 0 Å². The third-order valence-electron chi connectivity index (χ3n) is 1.41. The molecule has 0 heterocycles. The predicted molar refractivity (Wildman–Crippen MR) is 51.1 cm³/mol. The van der Waals surface area contributed by atoms with Crippen LogP contribution in [0.1, 0.15) is 39.5 Å². The first-order valence-electron chi connectivity index (χ1n) is 4.58. The zero-order valence-corrected chi connectivity index (χ0v) is 8.15. The van der Waals surface area contributed by atoms with Gasteiger partial charge in [-0.15, -0.1) is 0 Å². The first-order chi connectivity index (χ1) is 5.83. The van der Waals surface area contributed by atoms with Crippen LogP contribution in [0, 0.1) is 5.41 Å². The third kappa shape index (κ3) is 22.8. The maximum Gasteiger partial charge on any atom is 0.231 e. The van der Waals surface area contributed by atoms with Gasteiger partial charge in [-0.25, -0.2) is 10.2 Å². The van der Waals surface area contributed by atoms with E-state index in [1.54, 1.807) is 0 Å². The van der Waals surface area contributed by atoms with E-state index in [9.17, 15) is 0 Å². The number of rotatable bonds is 6. The summed E-state index contributed by atoms with van der Waals surface area (Å²) >= 11 is 0. The minimum Gasteiger partial charge on any atom is -0.317 e. The summed E-state index contributed by atoms with van der Waals surface area (Å²) < 4.78 is 0. The average molecular weight is 172 g/mol. The second-order valence-electron chi connectivity index (χ2n) is 2.56. The Morgan fingerprint density at radius 2 is 1.50 bits per heavy atom. The molecule has 3 heteroatoms. The Kier molecular flexibility index (Phi) is 19.4. The summed E-state index contributed by atoms with van der Waals surface area (Å²) in [6.45, 7) is 6.86. The molecule has 0 atom stereocenters. The van der Waals surface area contributed by atoms with Gasteiger partial charge in [0.2, 0.25) is 6.08 Å². The monoisotopic (exact) mass is 172 g/mol. The van der Waals surface area contributed by atoms with Crippen LogP contribution in [0.25, 0.3) is 0 Å². The molecule has 0 aliphatic rings. The lowest BCUT2D eigenvalue weighted by atomic mass is 10.3. The number of nitrogens with one attached hydrogen (secondary N) is 2. The molecule has 0 fully saturated rings. The summed E-state index contributed by atoms with van der Waals surface area (Å²) in [6, 6.07) is 0. The minimum atomic E-state index is 0.750. The van der Waals surface area contributed by atoms with Crippen LogP contribution in [0.15, 0.2) is 0 Å². The fourth-order valence-corrected chi connectivity index (χ4v) is 0.729. The van der Waals surface area contributed by atoms with Crippen LogP contribution in [-0.2, 0) is 4.79 Å². The second kappa shape index (κ2) is 16.7. The molecule has 0 aromatic rings. The summed E-state index contributed by atoms with van der Waals surface area (Å²) in [5.41, 5.74) is 0. The number of hydrogen-bond donors (Lipinski definition) is 2. The Morgan fingerprint density at radius 3 is 1.75 bits per heavy atom. The Bertz CT molecular complexity index is 92.7. The van der Waals surface area contributed by atoms with Crippen molar-refractivity contribution < 1.29 is 4.79 Å². The molecular weight excluding hydrogens is 152 g/mol. The number of unbranched alkanes of at least 4 members (excludes halogenated alkanes) is 2. The highest BCUT2D eigenvalue weighted by Crippen LogP contribution is 1.85. The molecule has 12 heavy (non-hydrogen) atoms. The topological polar surface area (TPSA) is 53.0 Å². The van der Waals surface area contributed by atoms with E-state index >= 15 is 0 Å². The van der Waals surface area contributed by atoms with Crippen molar-refractivity contribution >= 4 is 6.08 Å². The largest absolute Gasteiger partial charge is 0.317 e. The lowest BCUT2D eigenvalue weighted by Gasteiger charge is -1.99. The molecule has 0 saturated carbocycles. The van der Waals surface area contributed by atoms with Gasteiger partial charge in [-0.2, -0.15) is 0 Å². The molecule has 0 aromatic carbocycles. The highest BCUT2D eigenvalue weighted by Gasteiger charge is 1.83. The molecule has 0 spiro atoms. The van der Waals surface area contributed by atoms with E-state index in [2.05, 4.69) is 19.2 Å². The summed E-state index contributed by atoms with van der Waals surface area (Å²) in [5.74, 6) is 0. The van der Waals surface area contributed by atoms with Gasteiger partial charge in [0.25, 0.3) is 0 Å². The van der Waals surface area contributed by atoms with Crippen LogP contribution in [0.3, 0.4) is 0 Å². The van der Waals surface area contributed by atoms with Gasteiger partial charge in [-0.05, 0) is 25.9 Å². The van der Waals surface area contributed by atoms with E-state index in [0.29, 0.717) is 0 Å². The van der Waals surface area contributed by atoms with Crippen molar-refractivity contribution in [3.63, 3.8) is 0 Å². The van der Waals surface area contributed by atoms with E-state index in [1.165, 1.54) is 38.8 Å². The van der Waals surface area contributed by atoms with Crippen molar-refractivity contribution in [1.82, 2.24) is 5.32 Å². The Balaban J connectivity index is 0. The second-order valence-corrected chi connectivity index (χ2v) is 2.56. The molecule has 0 aliphatic heterocycles. The molecule has 0 rings (SSSR count). The molecule has 0 amide bonds. The molecule has 72 valence electrons. The van der Waals surface area contributed by atoms with Gasteiger partial charge in [-0.1, -0.05) is 26.7 Å². The minimum absolute atomic E-state index is 0.750. The lowest BCUT2D eigenvalue weighted by Crippen LogP contribution is -2.15. The first-order valence-corrected chi connectivity index (χ1v) is 4.58. The Morgan fingerprint density at radius 1 is 1.17 bits per heavy atom. The van der Waals surface area contributed by atoms with Crippen molar-refractivity contribution in [1.29, 1.82) is 5.41 Å². The van der Waals surface area contributed by atoms with Crippen LogP contribution in [0.4, 0.5) is 0 Å². The molecular formula is C9H20N2O. The molecule has 3 nitrogen and oxygen atoms in total. The quantitative estimate of drug-likeness (QED) is 0.366. The lowest BCUT2D eigenvalue weighted by molar-refractivity contribution is 0.563. The highest BCUT2D eigenvalue weighted by atomic mass is 16.1. The zero-order valence-electron chi connectivity index (χ0n) is 8.15. The van der Waals surface area contributed by atoms with Crippen molar-refractivity contribution in [2.24, 2.45) is 0 Å². The molecule has 0 aliphatic carbocycles. The Labute approximate surface area is 75.1 Å². The normalized spacial score (nSPS) is 8.17. The molecule has 0 radical (unpaired) electrons. The van der Waals surface area contributed by atoms with E-state index in [1.807, 2.05) is 0 Å². The van der Waals surface area contributed by atoms with Gasteiger partial charge in [0.05, 0.1) is 0 Å². The van der Waals surface area contributed by atoms with E-state index in [0.717, 1.165) is 6.08 Å². The maximum absolute atomic E-state index is 8.35. The van der Waals surface area contributed by atoms with Gasteiger partial charge in [0.15, 0.2) is 0 Å². The van der Waals surface area contributed by atoms with Crippen molar-refractivity contribution in [3.8, 4) is 0 Å². The summed E-state index contributed by atoms with van der Waals surface area (Å²) in [7, 11) is 0. The fourth-order valence-electron chi connectivity index (χ4n) is 0.729. The first kappa shape index (κ1) is 13.9. The molecule has 2 N–H and O–H groups in total. The van der Waals surface area contributed by atoms with E-state index in [-0.39, 0.29) is 0 Å². The Hall–Kier alpha value is -0.660. The van der Waals surface area contributed by atoms with E-state index < -0.39 is 0 Å². The highest BCUT2D eigenvalue weighted by molar-refractivity contribution is 5.26. The SMILES string of the molecule is CCCCNCCCC.N=C=O. The molecule has 0 saturated heterocycles. The number of isocyanates is 1. The molecule has 0 bridgehead atoms. The van der Waals surface area contributed by atoms with Crippen LogP contribution < -0.4 is 5.32 Å². The predicted octanol–water partition coefficient (Wildman–Crippen LogP) is 2.08. The molecule has 0 aromatic heterocycles. The summed E-state index contributed by atoms with van der Waals surface area (Å²) in [5, 5.41) is 8.79. The van der Waals surface area contributed by atoms with E-state index in [4.69, 9.17) is 10.2 Å². The standard InChI is InChI=1S/C8H19N.CHNO/c1-3-5-7-9-8-6-4-2;2-1-3/h9H,3-8H2,1-2H3;2H. The number of hydrogen-bond acceptors (Lipinski definition) is 3. The van der Waals surface area contributed by atoms with Crippen LogP contribution >= 0.6 is 0 Å². The summed E-state index contributed by atoms with van der Waals surface area (Å²) in [4.78, 5) is 8.35. The smallest absolute Gasteiger partial charge is 0.231 e. The number of carbonyl (C=O) groups excluding carboxylic acids is 1. The van der Waals surface area contributed by atoms with Gasteiger partial charge in [0, 0.05) is 0 Å². The van der Waals surface area contributed by atoms with Gasteiger partial charge < -0.3 is 5.32 Å². The average Bonchev–Trinajstić information content (AvgIpc) is 2.06. The van der Waals surface area contributed by atoms with Gasteiger partial charge in [-0.3, -0.25) is 0 Å². The third-order valence-corrected chi connectivity index (χ3v) is 1.41. The van der Waals surface area contributed by atoms with Crippen LogP contribution in [0.2, 0.25) is 0 Å². The van der Waals surface area contributed by atoms with Crippen LogP contribution in [-0.4, -0.2) is 19.2 Å².